The largest absolute Gasteiger partial charge is 0.488 e. The number of aromatic nitrogens is 4. The SMILES string of the molecule is Fc1cnc(N[C@H]2CC[C@@H](Oc3cc(N4CCOCC4)cc4nccnc34)CC2)nc1NC1CCOC1. The molecule has 3 fully saturated rings. The third-order valence-corrected chi connectivity index (χ3v) is 7.22. The number of nitrogens with zero attached hydrogens (tertiary/aromatic N) is 5. The lowest BCUT2D eigenvalue weighted by molar-refractivity contribution is 0.122. The number of hydrogen-bond donors (Lipinski definition) is 2. The van der Waals surface area contributed by atoms with Crippen molar-refractivity contribution in [1.82, 2.24) is 19.9 Å². The summed E-state index contributed by atoms with van der Waals surface area (Å²) < 4.78 is 31.6. The zero-order chi connectivity index (χ0) is 25.0. The van der Waals surface area contributed by atoms with E-state index in [0.717, 1.165) is 80.9 Å². The molecular weight excluding hydrogens is 477 g/mol. The maximum Gasteiger partial charge on any atom is 0.225 e. The molecule has 2 N–H and O–H groups in total. The van der Waals surface area contributed by atoms with E-state index in [1.807, 2.05) is 0 Å². The minimum absolute atomic E-state index is 0.0763. The first-order chi connectivity index (χ1) is 18.2. The third-order valence-electron chi connectivity index (χ3n) is 7.22. The van der Waals surface area contributed by atoms with Gasteiger partial charge in [-0.25, -0.2) is 14.4 Å². The minimum Gasteiger partial charge on any atom is -0.488 e. The fraction of sp³-hybridized carbons (Fsp3) is 0.538. The van der Waals surface area contributed by atoms with Crippen LogP contribution in [0.5, 0.6) is 5.75 Å². The molecule has 37 heavy (non-hydrogen) atoms. The summed E-state index contributed by atoms with van der Waals surface area (Å²) in [6.07, 6.45) is 9.12. The predicted octanol–water partition coefficient (Wildman–Crippen LogP) is 3.40. The van der Waals surface area contributed by atoms with E-state index in [0.29, 0.717) is 19.2 Å². The number of halogens is 1. The molecule has 3 aromatic rings. The highest BCUT2D eigenvalue weighted by Crippen LogP contribution is 2.33. The summed E-state index contributed by atoms with van der Waals surface area (Å²) in [5, 5.41) is 6.51. The summed E-state index contributed by atoms with van der Waals surface area (Å²) in [6.45, 7) is 4.37. The van der Waals surface area contributed by atoms with E-state index < -0.39 is 5.82 Å². The monoisotopic (exact) mass is 509 g/mol. The van der Waals surface area contributed by atoms with E-state index in [2.05, 4.69) is 47.6 Å². The minimum atomic E-state index is -0.454. The van der Waals surface area contributed by atoms with Crippen LogP contribution in [0.3, 0.4) is 0 Å². The van der Waals surface area contributed by atoms with Gasteiger partial charge >= 0.3 is 0 Å². The highest BCUT2D eigenvalue weighted by Gasteiger charge is 2.25. The van der Waals surface area contributed by atoms with Crippen LogP contribution in [0.4, 0.5) is 21.8 Å². The second-order valence-electron chi connectivity index (χ2n) is 9.80. The van der Waals surface area contributed by atoms with Crippen molar-refractivity contribution in [2.75, 3.05) is 55.1 Å². The molecule has 10 nitrogen and oxygen atoms in total. The summed E-state index contributed by atoms with van der Waals surface area (Å²) >= 11 is 0. The van der Waals surface area contributed by atoms with Gasteiger partial charge in [-0.2, -0.15) is 4.98 Å². The van der Waals surface area contributed by atoms with E-state index in [9.17, 15) is 4.39 Å². The molecule has 1 aliphatic carbocycles. The van der Waals surface area contributed by atoms with Crippen LogP contribution >= 0.6 is 0 Å². The average molecular weight is 510 g/mol. The number of morpholine rings is 1. The lowest BCUT2D eigenvalue weighted by Crippen LogP contribution is -2.36. The van der Waals surface area contributed by atoms with Crippen molar-refractivity contribution in [2.45, 2.75) is 50.3 Å². The molecule has 3 aliphatic rings. The Morgan fingerprint density at radius 2 is 1.73 bits per heavy atom. The first-order valence-corrected chi connectivity index (χ1v) is 13.1. The molecule has 0 bridgehead atoms. The second kappa shape index (κ2) is 11.0. The normalized spacial score (nSPS) is 24.2. The van der Waals surface area contributed by atoms with E-state index >= 15 is 0 Å². The zero-order valence-electron chi connectivity index (χ0n) is 20.7. The lowest BCUT2D eigenvalue weighted by atomic mass is 9.93. The van der Waals surface area contributed by atoms with Crippen LogP contribution in [0.15, 0.2) is 30.7 Å². The summed E-state index contributed by atoms with van der Waals surface area (Å²) in [5.74, 6) is 0.978. The lowest BCUT2D eigenvalue weighted by Gasteiger charge is -2.31. The Balaban J connectivity index is 1.09. The Kier molecular flexibility index (Phi) is 7.13. The topological polar surface area (TPSA) is 107 Å². The van der Waals surface area contributed by atoms with Crippen LogP contribution in [-0.2, 0) is 9.47 Å². The molecular formula is C26H32FN7O3. The van der Waals surface area contributed by atoms with Crippen LogP contribution in [0.1, 0.15) is 32.1 Å². The molecule has 11 heteroatoms. The Labute approximate surface area is 215 Å². The average Bonchev–Trinajstić information content (AvgIpc) is 3.45. The number of benzene rings is 1. The Morgan fingerprint density at radius 3 is 2.54 bits per heavy atom. The first-order valence-electron chi connectivity index (χ1n) is 13.1. The van der Waals surface area contributed by atoms with Gasteiger partial charge in [0.2, 0.25) is 5.95 Å². The smallest absolute Gasteiger partial charge is 0.225 e. The van der Waals surface area contributed by atoms with Crippen LogP contribution in [0, 0.1) is 5.82 Å². The molecule has 196 valence electrons. The summed E-state index contributed by atoms with van der Waals surface area (Å²) in [5.41, 5.74) is 2.70. The Hall–Kier alpha value is -3.31. The van der Waals surface area contributed by atoms with Crippen LogP contribution in [0.25, 0.3) is 11.0 Å². The van der Waals surface area contributed by atoms with Crippen molar-refractivity contribution in [3.8, 4) is 5.75 Å². The second-order valence-corrected chi connectivity index (χ2v) is 9.80. The van der Waals surface area contributed by atoms with Crippen LogP contribution in [0.2, 0.25) is 0 Å². The van der Waals surface area contributed by atoms with Crippen molar-refractivity contribution < 1.29 is 18.6 Å². The molecule has 1 aromatic carbocycles. The third kappa shape index (κ3) is 5.67. The van der Waals surface area contributed by atoms with Crippen molar-refractivity contribution in [3.05, 3.63) is 36.5 Å². The molecule has 0 radical (unpaired) electrons. The van der Waals surface area contributed by atoms with Gasteiger partial charge in [0.15, 0.2) is 11.6 Å². The summed E-state index contributed by atoms with van der Waals surface area (Å²) in [7, 11) is 0. The molecule has 1 unspecified atom stereocenters. The molecule has 4 heterocycles. The standard InChI is InChI=1S/C26H32FN7O3/c27-21-15-30-26(33-25(21)31-18-5-10-36-16-18)32-17-1-3-20(4-2-17)37-23-14-19(34-8-11-35-12-9-34)13-22-24(23)29-7-6-28-22/h6-7,13-15,17-18,20H,1-5,8-12,16H2,(H2,30,31,32,33)/t17-,18?,20+. The summed E-state index contributed by atoms with van der Waals surface area (Å²) in [6, 6.07) is 4.44. The van der Waals surface area contributed by atoms with Crippen molar-refractivity contribution in [1.29, 1.82) is 0 Å². The zero-order valence-corrected chi connectivity index (χ0v) is 20.7. The van der Waals surface area contributed by atoms with Gasteiger partial charge in [0.1, 0.15) is 11.3 Å². The van der Waals surface area contributed by atoms with Gasteiger partial charge in [-0.1, -0.05) is 0 Å². The van der Waals surface area contributed by atoms with Gasteiger partial charge in [0, 0.05) is 49.9 Å². The highest BCUT2D eigenvalue weighted by atomic mass is 19.1. The van der Waals surface area contributed by atoms with Gasteiger partial charge < -0.3 is 29.7 Å². The fourth-order valence-electron chi connectivity index (χ4n) is 5.19. The Morgan fingerprint density at radius 1 is 0.892 bits per heavy atom. The predicted molar refractivity (Wildman–Crippen MR) is 138 cm³/mol. The van der Waals surface area contributed by atoms with Gasteiger partial charge in [-0.05, 0) is 38.2 Å². The number of hydrogen-bond acceptors (Lipinski definition) is 10. The van der Waals surface area contributed by atoms with Gasteiger partial charge in [0.05, 0.1) is 43.7 Å². The van der Waals surface area contributed by atoms with Crippen molar-refractivity contribution >= 4 is 28.5 Å². The molecule has 0 amide bonds. The number of anilines is 3. The highest BCUT2D eigenvalue weighted by molar-refractivity contribution is 5.85. The van der Waals surface area contributed by atoms with E-state index in [1.54, 1.807) is 12.4 Å². The van der Waals surface area contributed by atoms with E-state index in [4.69, 9.17) is 14.2 Å². The molecule has 2 aliphatic heterocycles. The van der Waals surface area contributed by atoms with Gasteiger partial charge in [-0.15, -0.1) is 0 Å². The Bertz CT molecular complexity index is 1210. The van der Waals surface area contributed by atoms with Gasteiger partial charge in [-0.3, -0.25) is 4.98 Å². The number of rotatable bonds is 7. The first kappa shape index (κ1) is 24.1. The van der Waals surface area contributed by atoms with Crippen LogP contribution in [-0.4, -0.2) is 77.6 Å². The number of fused-ring (bicyclic) bond motifs is 1. The summed E-state index contributed by atoms with van der Waals surface area (Å²) in [4.78, 5) is 19.9. The molecule has 1 atom stereocenters. The number of nitrogens with one attached hydrogen (secondary N) is 2. The molecule has 6 rings (SSSR count). The number of ether oxygens (including phenoxy) is 3. The van der Waals surface area contributed by atoms with E-state index in [1.165, 1.54) is 6.20 Å². The quantitative estimate of drug-likeness (QED) is 0.492. The maximum atomic E-state index is 14.2. The molecule has 0 spiro atoms. The molecule has 2 aromatic heterocycles. The molecule has 2 saturated heterocycles. The maximum absolute atomic E-state index is 14.2. The fourth-order valence-corrected chi connectivity index (χ4v) is 5.19. The van der Waals surface area contributed by atoms with Crippen LogP contribution < -0.4 is 20.3 Å². The van der Waals surface area contributed by atoms with E-state index in [-0.39, 0.29) is 24.0 Å². The van der Waals surface area contributed by atoms with Gasteiger partial charge in [0.25, 0.3) is 0 Å². The molecule has 1 saturated carbocycles. The van der Waals surface area contributed by atoms with Crippen molar-refractivity contribution in [2.24, 2.45) is 0 Å². The van der Waals surface area contributed by atoms with Crippen molar-refractivity contribution in [3.63, 3.8) is 0 Å².